The van der Waals surface area contributed by atoms with Crippen LogP contribution in [0.5, 0.6) is 0 Å². The fourth-order valence-corrected chi connectivity index (χ4v) is 1.93. The Kier molecular flexibility index (Phi) is 3.38. The lowest BCUT2D eigenvalue weighted by Crippen LogP contribution is -2.19. The number of nitrogens with one attached hydrogen (secondary N) is 1. The predicted molar refractivity (Wildman–Crippen MR) is 73.5 cm³/mol. The number of aromatic amines is 1. The van der Waals surface area contributed by atoms with Crippen molar-refractivity contribution in [2.24, 2.45) is 0 Å². The largest absolute Gasteiger partial charge is 0.383 e. The summed E-state index contributed by atoms with van der Waals surface area (Å²) in [4.78, 5) is 18.8. The molecular weight excluding hydrogens is 245 g/mol. The van der Waals surface area contributed by atoms with E-state index in [1.165, 1.54) is 6.07 Å². The summed E-state index contributed by atoms with van der Waals surface area (Å²) in [5.74, 6) is 0.118. The Labute approximate surface area is 110 Å². The molecule has 0 aliphatic rings. The minimum atomic E-state index is -0.341. The lowest BCUT2D eigenvalue weighted by molar-refractivity contribution is 0.619. The van der Waals surface area contributed by atoms with Crippen LogP contribution in [-0.4, -0.2) is 9.97 Å². The van der Waals surface area contributed by atoms with Crippen molar-refractivity contribution in [1.29, 1.82) is 0 Å². The van der Waals surface area contributed by atoms with Crippen molar-refractivity contribution in [3.63, 3.8) is 0 Å². The summed E-state index contributed by atoms with van der Waals surface area (Å²) in [5, 5.41) is 0. The van der Waals surface area contributed by atoms with Crippen LogP contribution in [0.1, 0.15) is 30.9 Å². The van der Waals surface area contributed by atoms with Gasteiger partial charge in [0.25, 0.3) is 5.56 Å². The average Bonchev–Trinajstić information content (AvgIpc) is 2.31. The number of rotatable bonds is 2. The van der Waals surface area contributed by atoms with E-state index in [1.54, 1.807) is 19.1 Å². The van der Waals surface area contributed by atoms with Crippen molar-refractivity contribution >= 4 is 5.82 Å². The van der Waals surface area contributed by atoms with E-state index >= 15 is 0 Å². The molecule has 5 heteroatoms. The lowest BCUT2D eigenvalue weighted by atomic mass is 10.1. The zero-order valence-corrected chi connectivity index (χ0v) is 11.1. The summed E-state index contributed by atoms with van der Waals surface area (Å²) in [6.07, 6.45) is 0. The zero-order chi connectivity index (χ0) is 14.2. The van der Waals surface area contributed by atoms with Gasteiger partial charge in [-0.2, -0.15) is 0 Å². The lowest BCUT2D eigenvalue weighted by Gasteiger charge is -2.09. The number of nitrogens with zero attached hydrogens (tertiary/aromatic N) is 1. The summed E-state index contributed by atoms with van der Waals surface area (Å²) in [7, 11) is 0. The molecule has 2 rings (SSSR count). The number of benzene rings is 1. The van der Waals surface area contributed by atoms with Gasteiger partial charge in [0.15, 0.2) is 0 Å². The van der Waals surface area contributed by atoms with Gasteiger partial charge >= 0.3 is 0 Å². The Morgan fingerprint density at radius 1 is 1.37 bits per heavy atom. The molecule has 1 heterocycles. The first-order valence-electron chi connectivity index (χ1n) is 6.06. The summed E-state index contributed by atoms with van der Waals surface area (Å²) in [6.45, 7) is 5.41. The highest BCUT2D eigenvalue weighted by Crippen LogP contribution is 2.21. The van der Waals surface area contributed by atoms with Crippen molar-refractivity contribution in [1.82, 2.24) is 9.97 Å². The second-order valence-corrected chi connectivity index (χ2v) is 4.83. The molecule has 3 N–H and O–H groups in total. The molecule has 19 heavy (non-hydrogen) atoms. The van der Waals surface area contributed by atoms with Gasteiger partial charge in [-0.25, -0.2) is 9.37 Å². The summed E-state index contributed by atoms with van der Waals surface area (Å²) in [6, 6.07) is 4.67. The Morgan fingerprint density at radius 3 is 2.58 bits per heavy atom. The molecule has 4 nitrogen and oxygen atoms in total. The number of hydrogen-bond acceptors (Lipinski definition) is 3. The number of nitrogens with two attached hydrogens (primary N) is 1. The van der Waals surface area contributed by atoms with Crippen LogP contribution in [0.25, 0.3) is 11.4 Å². The van der Waals surface area contributed by atoms with Gasteiger partial charge < -0.3 is 10.7 Å². The van der Waals surface area contributed by atoms with Gasteiger partial charge in [0.1, 0.15) is 17.5 Å². The average molecular weight is 261 g/mol. The maximum atomic E-state index is 13.5. The molecule has 1 aromatic carbocycles. The monoisotopic (exact) mass is 261 g/mol. The molecule has 1 aromatic heterocycles. The maximum Gasteiger partial charge on any atom is 0.256 e. The van der Waals surface area contributed by atoms with Crippen LogP contribution in [0.3, 0.4) is 0 Å². The minimum absolute atomic E-state index is 0.0138. The first-order valence-corrected chi connectivity index (χ1v) is 6.06. The minimum Gasteiger partial charge on any atom is -0.383 e. The highest BCUT2D eigenvalue weighted by molar-refractivity contribution is 5.58. The first-order chi connectivity index (χ1) is 8.90. The molecule has 0 aliphatic carbocycles. The Hall–Kier alpha value is -2.17. The summed E-state index contributed by atoms with van der Waals surface area (Å²) < 4.78 is 13.5. The molecule has 0 bridgehead atoms. The van der Waals surface area contributed by atoms with Crippen LogP contribution in [-0.2, 0) is 0 Å². The number of nitrogen functional groups attached to an aromatic ring is 1. The van der Waals surface area contributed by atoms with E-state index < -0.39 is 0 Å². The highest BCUT2D eigenvalue weighted by atomic mass is 19.1. The van der Waals surface area contributed by atoms with Gasteiger partial charge in [-0.05, 0) is 24.5 Å². The number of aryl methyl sites for hydroxylation is 1. The van der Waals surface area contributed by atoms with Crippen molar-refractivity contribution in [2.45, 2.75) is 26.7 Å². The molecule has 0 amide bonds. The molecule has 0 atom stereocenters. The molecule has 0 spiro atoms. The van der Waals surface area contributed by atoms with Gasteiger partial charge in [-0.3, -0.25) is 4.79 Å². The predicted octanol–water partition coefficient (Wildman–Crippen LogP) is 2.59. The van der Waals surface area contributed by atoms with E-state index in [4.69, 9.17) is 5.73 Å². The number of hydrogen-bond donors (Lipinski definition) is 2. The van der Waals surface area contributed by atoms with Crippen LogP contribution >= 0.6 is 0 Å². The van der Waals surface area contributed by atoms with Gasteiger partial charge in [-0.1, -0.05) is 26.0 Å². The normalized spacial score (nSPS) is 11.0. The van der Waals surface area contributed by atoms with Crippen LogP contribution in [0.15, 0.2) is 23.0 Å². The van der Waals surface area contributed by atoms with Gasteiger partial charge in [0.05, 0.1) is 5.56 Å². The van der Waals surface area contributed by atoms with Crippen LogP contribution < -0.4 is 11.3 Å². The quantitative estimate of drug-likeness (QED) is 0.872. The molecular formula is C14H16FN3O. The molecule has 0 unspecified atom stereocenters. The Balaban J connectivity index is 2.58. The van der Waals surface area contributed by atoms with E-state index in [9.17, 15) is 9.18 Å². The van der Waals surface area contributed by atoms with E-state index in [0.29, 0.717) is 16.7 Å². The topological polar surface area (TPSA) is 71.8 Å². The fraction of sp³-hybridized carbons (Fsp3) is 0.286. The Bertz CT molecular complexity index is 677. The SMILES string of the molecule is Cc1ccc(-c2nc(N)c(C(C)C)c(=O)[nH]2)cc1F. The van der Waals surface area contributed by atoms with Crippen molar-refractivity contribution < 1.29 is 4.39 Å². The third-order valence-electron chi connectivity index (χ3n) is 3.01. The first kappa shape index (κ1) is 13.3. The summed E-state index contributed by atoms with van der Waals surface area (Å²) >= 11 is 0. The standard InChI is InChI=1S/C14H16FN3O/c1-7(2)11-12(16)17-13(18-14(11)19)9-5-4-8(3)10(15)6-9/h4-7H,1-3H3,(H3,16,17,18,19). The van der Waals surface area contributed by atoms with Crippen LogP contribution in [0.4, 0.5) is 10.2 Å². The van der Waals surface area contributed by atoms with E-state index in [-0.39, 0.29) is 28.9 Å². The molecule has 0 radical (unpaired) electrons. The summed E-state index contributed by atoms with van der Waals surface area (Å²) in [5.41, 5.74) is 7.02. The Morgan fingerprint density at radius 2 is 2.05 bits per heavy atom. The molecule has 100 valence electrons. The number of halogens is 1. The van der Waals surface area contributed by atoms with Crippen LogP contribution in [0.2, 0.25) is 0 Å². The van der Waals surface area contributed by atoms with Crippen molar-refractivity contribution in [3.05, 3.63) is 45.5 Å². The smallest absolute Gasteiger partial charge is 0.256 e. The third-order valence-corrected chi connectivity index (χ3v) is 3.01. The van der Waals surface area contributed by atoms with Crippen LogP contribution in [0, 0.1) is 12.7 Å². The molecule has 2 aromatic rings. The van der Waals surface area contributed by atoms with Crippen molar-refractivity contribution in [3.8, 4) is 11.4 Å². The van der Waals surface area contributed by atoms with E-state index in [1.807, 2.05) is 13.8 Å². The number of anilines is 1. The maximum absolute atomic E-state index is 13.5. The van der Waals surface area contributed by atoms with Gasteiger partial charge in [0.2, 0.25) is 0 Å². The highest BCUT2D eigenvalue weighted by Gasteiger charge is 2.13. The molecule has 0 saturated carbocycles. The second-order valence-electron chi connectivity index (χ2n) is 4.83. The molecule has 0 saturated heterocycles. The number of H-pyrrole nitrogens is 1. The third kappa shape index (κ3) is 2.50. The second kappa shape index (κ2) is 4.84. The van der Waals surface area contributed by atoms with E-state index in [0.717, 1.165) is 0 Å². The zero-order valence-electron chi connectivity index (χ0n) is 11.1. The van der Waals surface area contributed by atoms with E-state index in [2.05, 4.69) is 9.97 Å². The van der Waals surface area contributed by atoms with Gasteiger partial charge in [0, 0.05) is 5.56 Å². The van der Waals surface area contributed by atoms with Gasteiger partial charge in [-0.15, -0.1) is 0 Å². The van der Waals surface area contributed by atoms with Crippen molar-refractivity contribution in [2.75, 3.05) is 5.73 Å². The molecule has 0 aliphatic heterocycles. The number of aromatic nitrogens is 2. The fourth-order valence-electron chi connectivity index (χ4n) is 1.93. The molecule has 0 fully saturated rings.